The number of nitrogens with zero attached hydrogens (tertiary/aromatic N) is 2. The van der Waals surface area contributed by atoms with Gasteiger partial charge in [0.2, 0.25) is 0 Å². The molecule has 2 nitrogen and oxygen atoms in total. The zero-order valence-corrected chi connectivity index (χ0v) is 12.9. The molecule has 1 rings (SSSR count). The van der Waals surface area contributed by atoms with Crippen LogP contribution in [0.1, 0.15) is 45.6 Å². The summed E-state index contributed by atoms with van der Waals surface area (Å²) in [7, 11) is 0. The average Bonchev–Trinajstić information content (AvgIpc) is 2.29. The van der Waals surface area contributed by atoms with Gasteiger partial charge < -0.3 is 4.90 Å². The van der Waals surface area contributed by atoms with E-state index >= 15 is 0 Å². The van der Waals surface area contributed by atoms with Gasteiger partial charge in [-0.1, -0.05) is 19.8 Å². The van der Waals surface area contributed by atoms with Crippen molar-refractivity contribution in [2.24, 2.45) is 0 Å². The highest BCUT2D eigenvalue weighted by Crippen LogP contribution is 2.28. The number of halogens is 1. The molecule has 96 valence electrons. The highest BCUT2D eigenvalue weighted by molar-refractivity contribution is 9.10. The Balaban J connectivity index is 2.86. The van der Waals surface area contributed by atoms with Crippen molar-refractivity contribution < 1.29 is 0 Å². The quantitative estimate of drug-likeness (QED) is 0.716. The summed E-state index contributed by atoms with van der Waals surface area (Å²) in [6.45, 7) is 9.88. The number of hydrogen-bond acceptors (Lipinski definition) is 2. The fraction of sp³-hybridized carbons (Fsp3) is 0.643. The van der Waals surface area contributed by atoms with Gasteiger partial charge in [0.05, 0.1) is 4.47 Å². The van der Waals surface area contributed by atoms with Crippen molar-refractivity contribution >= 4 is 21.7 Å². The molecule has 0 aliphatic carbocycles. The predicted molar refractivity (Wildman–Crippen MR) is 78.7 cm³/mol. The molecule has 0 bridgehead atoms. The highest BCUT2D eigenvalue weighted by Gasteiger charge is 2.15. The molecule has 0 saturated heterocycles. The largest absolute Gasteiger partial charge is 0.353 e. The molecule has 0 radical (unpaired) electrons. The van der Waals surface area contributed by atoms with Crippen molar-refractivity contribution in [3.05, 3.63) is 22.3 Å². The third kappa shape index (κ3) is 3.98. The van der Waals surface area contributed by atoms with Gasteiger partial charge in [-0.2, -0.15) is 0 Å². The Kier molecular flexibility index (Phi) is 5.96. The Hall–Kier alpha value is -0.570. The van der Waals surface area contributed by atoms with E-state index in [-0.39, 0.29) is 0 Å². The molecule has 0 amide bonds. The van der Waals surface area contributed by atoms with Crippen LogP contribution in [0.25, 0.3) is 0 Å². The van der Waals surface area contributed by atoms with E-state index in [2.05, 4.69) is 53.5 Å². The molecule has 0 aliphatic rings. The van der Waals surface area contributed by atoms with Gasteiger partial charge >= 0.3 is 0 Å². The molecule has 1 aromatic heterocycles. The van der Waals surface area contributed by atoms with Crippen LogP contribution in [0, 0.1) is 6.92 Å². The van der Waals surface area contributed by atoms with E-state index in [4.69, 9.17) is 0 Å². The summed E-state index contributed by atoms with van der Waals surface area (Å²) in [5.74, 6) is 1.08. The van der Waals surface area contributed by atoms with E-state index in [1.54, 1.807) is 0 Å². The third-order valence-corrected chi connectivity index (χ3v) is 3.94. The molecular formula is C14H23BrN2. The molecule has 0 aliphatic heterocycles. The summed E-state index contributed by atoms with van der Waals surface area (Å²) in [6, 6.07) is 2.52. The lowest BCUT2D eigenvalue weighted by Crippen LogP contribution is -2.32. The summed E-state index contributed by atoms with van der Waals surface area (Å²) < 4.78 is 1.13. The van der Waals surface area contributed by atoms with E-state index in [0.29, 0.717) is 6.04 Å². The fourth-order valence-corrected chi connectivity index (χ4v) is 2.33. The van der Waals surface area contributed by atoms with Gasteiger partial charge in [-0.15, -0.1) is 0 Å². The molecule has 0 fully saturated rings. The Morgan fingerprint density at radius 2 is 2.06 bits per heavy atom. The first-order chi connectivity index (χ1) is 8.07. The van der Waals surface area contributed by atoms with E-state index in [1.807, 2.05) is 12.3 Å². The molecule has 0 saturated carbocycles. The Labute approximate surface area is 114 Å². The standard InChI is InChI=1S/C14H23BrN2/c1-5-6-7-10-17(11(2)3)14-13(15)12(4)8-9-16-14/h8-9,11H,5-7,10H2,1-4H3. The summed E-state index contributed by atoms with van der Waals surface area (Å²) in [6.07, 6.45) is 5.67. The van der Waals surface area contributed by atoms with Crippen molar-refractivity contribution in [3.8, 4) is 0 Å². The molecule has 3 heteroatoms. The molecule has 17 heavy (non-hydrogen) atoms. The summed E-state index contributed by atoms with van der Waals surface area (Å²) in [5, 5.41) is 0. The third-order valence-electron chi connectivity index (χ3n) is 2.96. The van der Waals surface area contributed by atoms with E-state index in [1.165, 1.54) is 24.8 Å². The second kappa shape index (κ2) is 7.00. The summed E-state index contributed by atoms with van der Waals surface area (Å²) >= 11 is 3.65. The SMILES string of the molecule is CCCCCN(c1nccc(C)c1Br)C(C)C. The molecule has 0 N–H and O–H groups in total. The summed E-state index contributed by atoms with van der Waals surface area (Å²) in [5.41, 5.74) is 1.25. The van der Waals surface area contributed by atoms with Crippen molar-refractivity contribution in [2.75, 3.05) is 11.4 Å². The molecule has 1 aromatic rings. The van der Waals surface area contributed by atoms with E-state index in [0.717, 1.165) is 16.8 Å². The maximum absolute atomic E-state index is 4.52. The first kappa shape index (κ1) is 14.5. The molecular weight excluding hydrogens is 276 g/mol. The topological polar surface area (TPSA) is 16.1 Å². The minimum absolute atomic E-state index is 0.484. The van der Waals surface area contributed by atoms with Gasteiger partial charge in [0.25, 0.3) is 0 Å². The maximum atomic E-state index is 4.52. The van der Waals surface area contributed by atoms with Gasteiger partial charge in [0.15, 0.2) is 0 Å². The van der Waals surface area contributed by atoms with Crippen molar-refractivity contribution in [2.45, 2.75) is 53.0 Å². The van der Waals surface area contributed by atoms with Gasteiger partial charge in [-0.3, -0.25) is 0 Å². The molecule has 0 atom stereocenters. The Morgan fingerprint density at radius 1 is 1.35 bits per heavy atom. The zero-order valence-electron chi connectivity index (χ0n) is 11.3. The predicted octanol–water partition coefficient (Wildman–Crippen LogP) is 4.56. The molecule has 0 aromatic carbocycles. The average molecular weight is 299 g/mol. The Morgan fingerprint density at radius 3 is 2.65 bits per heavy atom. The molecule has 0 unspecified atom stereocenters. The second-order valence-corrected chi connectivity index (χ2v) is 5.55. The minimum atomic E-state index is 0.484. The van der Waals surface area contributed by atoms with Crippen LogP contribution < -0.4 is 4.90 Å². The zero-order chi connectivity index (χ0) is 12.8. The lowest BCUT2D eigenvalue weighted by Gasteiger charge is -2.29. The van der Waals surface area contributed by atoms with E-state index in [9.17, 15) is 0 Å². The lowest BCUT2D eigenvalue weighted by atomic mass is 10.2. The maximum Gasteiger partial charge on any atom is 0.143 e. The smallest absolute Gasteiger partial charge is 0.143 e. The van der Waals surface area contributed by atoms with Crippen molar-refractivity contribution in [1.82, 2.24) is 4.98 Å². The lowest BCUT2D eigenvalue weighted by molar-refractivity contribution is 0.618. The van der Waals surface area contributed by atoms with Crippen LogP contribution in [0.2, 0.25) is 0 Å². The first-order valence-electron chi connectivity index (χ1n) is 6.45. The normalized spacial score (nSPS) is 10.9. The monoisotopic (exact) mass is 298 g/mol. The van der Waals surface area contributed by atoms with Gasteiger partial charge in [0, 0.05) is 18.8 Å². The fourth-order valence-electron chi connectivity index (χ4n) is 1.87. The van der Waals surface area contributed by atoms with Gasteiger partial charge in [-0.05, 0) is 54.8 Å². The number of aromatic nitrogens is 1. The number of anilines is 1. The van der Waals surface area contributed by atoms with Crippen LogP contribution in [-0.2, 0) is 0 Å². The molecule has 1 heterocycles. The van der Waals surface area contributed by atoms with E-state index < -0.39 is 0 Å². The number of hydrogen-bond donors (Lipinski definition) is 0. The van der Waals surface area contributed by atoms with Crippen LogP contribution in [-0.4, -0.2) is 17.6 Å². The van der Waals surface area contributed by atoms with Gasteiger partial charge in [0.1, 0.15) is 5.82 Å². The number of rotatable bonds is 6. The van der Waals surface area contributed by atoms with Crippen LogP contribution >= 0.6 is 15.9 Å². The Bertz CT molecular complexity index is 350. The van der Waals surface area contributed by atoms with Gasteiger partial charge in [-0.25, -0.2) is 4.98 Å². The highest BCUT2D eigenvalue weighted by atomic mass is 79.9. The molecule has 0 spiro atoms. The van der Waals surface area contributed by atoms with Crippen LogP contribution in [0.15, 0.2) is 16.7 Å². The number of aryl methyl sites for hydroxylation is 1. The van der Waals surface area contributed by atoms with Crippen molar-refractivity contribution in [3.63, 3.8) is 0 Å². The summed E-state index contributed by atoms with van der Waals surface area (Å²) in [4.78, 5) is 6.90. The second-order valence-electron chi connectivity index (χ2n) is 4.76. The number of pyridine rings is 1. The van der Waals surface area contributed by atoms with Crippen molar-refractivity contribution in [1.29, 1.82) is 0 Å². The number of unbranched alkanes of at least 4 members (excludes halogenated alkanes) is 2. The first-order valence-corrected chi connectivity index (χ1v) is 7.25. The van der Waals surface area contributed by atoms with Crippen LogP contribution in [0.3, 0.4) is 0 Å². The minimum Gasteiger partial charge on any atom is -0.353 e. The van der Waals surface area contributed by atoms with Crippen LogP contribution in [0.5, 0.6) is 0 Å². The van der Waals surface area contributed by atoms with Crippen LogP contribution in [0.4, 0.5) is 5.82 Å².